The first-order valence-corrected chi connectivity index (χ1v) is 11.5. The fourth-order valence-corrected chi connectivity index (χ4v) is 4.90. The van der Waals surface area contributed by atoms with Crippen molar-refractivity contribution in [3.8, 4) is 11.5 Å². The molecule has 2 heterocycles. The van der Waals surface area contributed by atoms with E-state index in [1.807, 2.05) is 30.4 Å². The molecule has 1 atom stereocenters. The molecule has 176 valence electrons. The van der Waals surface area contributed by atoms with E-state index in [1.165, 1.54) is 0 Å². The summed E-state index contributed by atoms with van der Waals surface area (Å²) >= 11 is 0. The average Bonchev–Trinajstić information content (AvgIpc) is 3.00. The predicted molar refractivity (Wildman–Crippen MR) is 130 cm³/mol. The lowest BCUT2D eigenvalue weighted by atomic mass is 9.76. The molecule has 2 aromatic carbocycles. The average molecular weight is 452 g/mol. The van der Waals surface area contributed by atoms with Crippen LogP contribution in [0.5, 0.6) is 11.5 Å². The summed E-state index contributed by atoms with van der Waals surface area (Å²) in [6.45, 7) is 7.26. The number of amides is 1. The number of hydrogen-bond donors (Lipinski definition) is 3. The van der Waals surface area contributed by atoms with Crippen LogP contribution in [0.2, 0.25) is 0 Å². The predicted octanol–water partition coefficient (Wildman–Crippen LogP) is 4.70. The van der Waals surface area contributed by atoms with Crippen LogP contribution >= 0.6 is 0 Å². The number of rotatable bonds is 8. The fraction of sp³-hybridized carbons (Fsp3) is 0.423. The van der Waals surface area contributed by atoms with Crippen LogP contribution in [0.3, 0.4) is 0 Å². The van der Waals surface area contributed by atoms with Crippen LogP contribution in [-0.4, -0.2) is 37.0 Å². The monoisotopic (exact) mass is 451 g/mol. The Morgan fingerprint density at radius 2 is 2.00 bits per heavy atom. The number of fused-ring (bicyclic) bond motifs is 2. The summed E-state index contributed by atoms with van der Waals surface area (Å²) in [5, 5.41) is 12.4. The summed E-state index contributed by atoms with van der Waals surface area (Å²) in [6, 6.07) is 11.6. The first kappa shape index (κ1) is 23.0. The highest BCUT2D eigenvalue weighted by Gasteiger charge is 2.59. The van der Waals surface area contributed by atoms with E-state index in [4.69, 9.17) is 9.47 Å². The zero-order valence-corrected chi connectivity index (χ0v) is 19.8. The van der Waals surface area contributed by atoms with Crippen molar-refractivity contribution < 1.29 is 19.5 Å². The van der Waals surface area contributed by atoms with Gasteiger partial charge in [-0.05, 0) is 50.1 Å². The quantitative estimate of drug-likeness (QED) is 0.399. The van der Waals surface area contributed by atoms with E-state index in [2.05, 4.69) is 42.5 Å². The van der Waals surface area contributed by atoms with Crippen LogP contribution in [0.1, 0.15) is 51.2 Å². The minimum absolute atomic E-state index is 0.0347. The maximum absolute atomic E-state index is 13.0. The van der Waals surface area contributed by atoms with Gasteiger partial charge in [-0.2, -0.15) is 0 Å². The number of carbonyl (C=O) groups is 1. The lowest BCUT2D eigenvalue weighted by Gasteiger charge is -2.47. The molecular weight excluding hydrogens is 418 g/mol. The molecule has 0 aromatic heterocycles. The Bertz CT molecular complexity index is 1070. The number of methoxy groups -OCH3 is 1. The van der Waals surface area contributed by atoms with Gasteiger partial charge in [0.1, 0.15) is 6.54 Å². The molecule has 0 saturated carbocycles. The smallest absolute Gasteiger partial charge is 0.239 e. The number of carbonyl (C=O) groups excluding carboxylic acids is 1. The molecule has 2 aromatic rings. The zero-order valence-electron chi connectivity index (χ0n) is 19.8. The largest absolute Gasteiger partial charge is 0.493 e. The Morgan fingerprint density at radius 3 is 2.73 bits per heavy atom. The lowest BCUT2D eigenvalue weighted by Crippen LogP contribution is -2.61. The lowest BCUT2D eigenvalue weighted by molar-refractivity contribution is -0.120. The van der Waals surface area contributed by atoms with Crippen LogP contribution < -0.4 is 25.2 Å². The summed E-state index contributed by atoms with van der Waals surface area (Å²) in [5.74, 6) is 1.05. The number of benzene rings is 2. The number of hydrogen-bond acceptors (Lipinski definition) is 6. The van der Waals surface area contributed by atoms with E-state index < -0.39 is 11.1 Å². The Kier molecular flexibility index (Phi) is 6.26. The SMILES string of the molecule is CCCCCNC(=O)CN1c2ccccc2C(C)(C)C12C=Cc1cc(NO)cc(OC)c1O2. The van der Waals surface area contributed by atoms with Gasteiger partial charge in [-0.25, -0.2) is 0 Å². The highest BCUT2D eigenvalue weighted by atomic mass is 16.5. The van der Waals surface area contributed by atoms with Gasteiger partial charge in [0, 0.05) is 23.9 Å². The third kappa shape index (κ3) is 3.80. The minimum Gasteiger partial charge on any atom is -0.493 e. The van der Waals surface area contributed by atoms with Crippen LogP contribution in [0.15, 0.2) is 42.5 Å². The standard InChI is InChI=1S/C26H33N3O4/c1-5-6-9-14-27-23(30)17-29-21-11-8-7-10-20(21)25(2,3)26(29)13-12-18-15-19(28-31)16-22(32-4)24(18)33-26/h7-8,10-13,15-16,28,31H,5-6,9,14,17H2,1-4H3,(H,27,30). The highest BCUT2D eigenvalue weighted by molar-refractivity contribution is 5.85. The molecule has 7 heteroatoms. The van der Waals surface area contributed by atoms with Crippen molar-refractivity contribution in [2.75, 3.05) is 30.6 Å². The summed E-state index contributed by atoms with van der Waals surface area (Å²) in [5.41, 5.74) is 4.17. The van der Waals surface area contributed by atoms with E-state index in [-0.39, 0.29) is 12.5 Å². The second kappa shape index (κ2) is 8.98. The highest BCUT2D eigenvalue weighted by Crippen LogP contribution is 2.56. The van der Waals surface area contributed by atoms with Gasteiger partial charge in [0.2, 0.25) is 11.6 Å². The van der Waals surface area contributed by atoms with Gasteiger partial charge in [0.25, 0.3) is 0 Å². The Hall–Kier alpha value is -3.19. The maximum atomic E-state index is 13.0. The van der Waals surface area contributed by atoms with Crippen molar-refractivity contribution in [2.45, 2.75) is 51.2 Å². The van der Waals surface area contributed by atoms with Crippen molar-refractivity contribution in [3.63, 3.8) is 0 Å². The van der Waals surface area contributed by atoms with Crippen LogP contribution in [0, 0.1) is 0 Å². The van der Waals surface area contributed by atoms with Crippen molar-refractivity contribution >= 4 is 23.4 Å². The van der Waals surface area contributed by atoms with Crippen molar-refractivity contribution in [3.05, 3.63) is 53.6 Å². The molecule has 1 amide bonds. The number of nitrogens with one attached hydrogen (secondary N) is 2. The molecular formula is C26H33N3O4. The Balaban J connectivity index is 1.74. The zero-order chi connectivity index (χ0) is 23.6. The van der Waals surface area contributed by atoms with Gasteiger partial charge >= 0.3 is 0 Å². The molecule has 7 nitrogen and oxygen atoms in total. The molecule has 1 unspecified atom stereocenters. The molecule has 4 rings (SSSR count). The van der Waals surface area contributed by atoms with E-state index in [0.29, 0.717) is 23.7 Å². The molecule has 33 heavy (non-hydrogen) atoms. The fourth-order valence-electron chi connectivity index (χ4n) is 4.90. The molecule has 2 aliphatic heterocycles. The van der Waals surface area contributed by atoms with E-state index in [1.54, 1.807) is 19.2 Å². The van der Waals surface area contributed by atoms with E-state index in [0.717, 1.165) is 36.1 Å². The normalized spacial score (nSPS) is 19.6. The number of para-hydroxylation sites is 1. The number of anilines is 2. The first-order chi connectivity index (χ1) is 15.9. The van der Waals surface area contributed by atoms with Gasteiger partial charge in [-0.1, -0.05) is 38.0 Å². The summed E-state index contributed by atoms with van der Waals surface area (Å²) in [6.07, 6.45) is 7.16. The second-order valence-electron chi connectivity index (χ2n) is 9.13. The summed E-state index contributed by atoms with van der Waals surface area (Å²) in [4.78, 5) is 15.0. The minimum atomic E-state index is -0.925. The van der Waals surface area contributed by atoms with Gasteiger partial charge in [-0.3, -0.25) is 15.5 Å². The Labute approximate surface area is 195 Å². The molecule has 0 aliphatic carbocycles. The maximum Gasteiger partial charge on any atom is 0.239 e. The molecule has 1 spiro atoms. The van der Waals surface area contributed by atoms with E-state index >= 15 is 0 Å². The third-order valence-electron chi connectivity index (χ3n) is 6.75. The molecule has 3 N–H and O–H groups in total. The van der Waals surface area contributed by atoms with Gasteiger partial charge in [-0.15, -0.1) is 0 Å². The van der Waals surface area contributed by atoms with Crippen molar-refractivity contribution in [2.24, 2.45) is 0 Å². The Morgan fingerprint density at radius 1 is 1.21 bits per heavy atom. The van der Waals surface area contributed by atoms with Gasteiger partial charge in [0.05, 0.1) is 18.2 Å². The van der Waals surface area contributed by atoms with Crippen LogP contribution in [0.4, 0.5) is 11.4 Å². The molecule has 0 bridgehead atoms. The molecule has 0 radical (unpaired) electrons. The third-order valence-corrected chi connectivity index (χ3v) is 6.75. The summed E-state index contributed by atoms with van der Waals surface area (Å²) in [7, 11) is 1.57. The number of unbranched alkanes of at least 4 members (excludes halogenated alkanes) is 2. The van der Waals surface area contributed by atoms with Gasteiger partial charge in [0.15, 0.2) is 11.5 Å². The first-order valence-electron chi connectivity index (χ1n) is 11.5. The number of ether oxygens (including phenoxy) is 2. The van der Waals surface area contributed by atoms with Gasteiger partial charge < -0.3 is 19.7 Å². The molecule has 0 fully saturated rings. The van der Waals surface area contributed by atoms with E-state index in [9.17, 15) is 10.0 Å². The molecule has 0 saturated heterocycles. The molecule has 2 aliphatic rings. The van der Waals surface area contributed by atoms with Crippen molar-refractivity contribution in [1.29, 1.82) is 0 Å². The van der Waals surface area contributed by atoms with Crippen LogP contribution in [-0.2, 0) is 10.2 Å². The number of nitrogens with zero attached hydrogens (tertiary/aromatic N) is 1. The van der Waals surface area contributed by atoms with Crippen molar-refractivity contribution in [1.82, 2.24) is 5.32 Å². The second-order valence-corrected chi connectivity index (χ2v) is 9.13. The topological polar surface area (TPSA) is 83.1 Å². The van der Waals surface area contributed by atoms with Crippen LogP contribution in [0.25, 0.3) is 6.08 Å². The summed E-state index contributed by atoms with van der Waals surface area (Å²) < 4.78 is 12.4.